The lowest BCUT2D eigenvalue weighted by atomic mass is 9.89. The molecule has 0 radical (unpaired) electrons. The molecule has 2 atom stereocenters. The zero-order valence-corrected chi connectivity index (χ0v) is 10.9. The molecule has 1 aliphatic heterocycles. The normalized spacial score (nSPS) is 22.8. The lowest BCUT2D eigenvalue weighted by Crippen LogP contribution is -2.40. The number of likely N-dealkylation sites (tertiary alicyclic amines) is 1. The second-order valence-electron chi connectivity index (χ2n) is 5.24. The number of hydrogen-bond donors (Lipinski definition) is 1. The Morgan fingerprint density at radius 1 is 1.50 bits per heavy atom. The van der Waals surface area contributed by atoms with E-state index in [2.05, 4.69) is 20.8 Å². The van der Waals surface area contributed by atoms with Gasteiger partial charge in [0.25, 0.3) is 0 Å². The fourth-order valence-corrected chi connectivity index (χ4v) is 2.60. The zero-order valence-electron chi connectivity index (χ0n) is 10.9. The van der Waals surface area contributed by atoms with Crippen molar-refractivity contribution in [3.63, 3.8) is 0 Å². The summed E-state index contributed by atoms with van der Waals surface area (Å²) in [6.07, 6.45) is 3.99. The standard InChI is InChI=1S/C13H26N2O/c1-4-11(10(2)3)8-13(16)15-7-5-6-12(15)9-14/h10-12H,4-9,14H2,1-3H3. The van der Waals surface area contributed by atoms with Crippen molar-refractivity contribution >= 4 is 5.91 Å². The molecule has 1 rings (SSSR count). The molecule has 0 aromatic carbocycles. The quantitative estimate of drug-likeness (QED) is 0.779. The minimum atomic E-state index is 0.303. The Morgan fingerprint density at radius 3 is 2.69 bits per heavy atom. The molecule has 2 unspecified atom stereocenters. The van der Waals surface area contributed by atoms with Crippen LogP contribution in [0.25, 0.3) is 0 Å². The molecule has 2 N–H and O–H groups in total. The lowest BCUT2D eigenvalue weighted by Gasteiger charge is -2.27. The van der Waals surface area contributed by atoms with Crippen molar-refractivity contribution in [2.75, 3.05) is 13.1 Å². The first-order valence-corrected chi connectivity index (χ1v) is 6.59. The smallest absolute Gasteiger partial charge is 0.223 e. The third-order valence-electron chi connectivity index (χ3n) is 3.87. The summed E-state index contributed by atoms with van der Waals surface area (Å²) >= 11 is 0. The van der Waals surface area contributed by atoms with Gasteiger partial charge in [0.1, 0.15) is 0 Å². The van der Waals surface area contributed by atoms with Crippen molar-refractivity contribution in [2.45, 2.75) is 52.5 Å². The molecular formula is C13H26N2O. The van der Waals surface area contributed by atoms with E-state index in [0.717, 1.165) is 25.8 Å². The summed E-state index contributed by atoms with van der Waals surface area (Å²) in [6.45, 7) is 8.10. The summed E-state index contributed by atoms with van der Waals surface area (Å²) < 4.78 is 0. The highest BCUT2D eigenvalue weighted by Crippen LogP contribution is 2.23. The van der Waals surface area contributed by atoms with E-state index >= 15 is 0 Å². The summed E-state index contributed by atoms with van der Waals surface area (Å²) in [5, 5.41) is 0. The van der Waals surface area contributed by atoms with Crippen LogP contribution in [0.4, 0.5) is 0 Å². The molecule has 0 spiro atoms. The van der Waals surface area contributed by atoms with Crippen molar-refractivity contribution < 1.29 is 4.79 Å². The van der Waals surface area contributed by atoms with Gasteiger partial charge in [0.2, 0.25) is 5.91 Å². The van der Waals surface area contributed by atoms with Crippen LogP contribution in [0, 0.1) is 11.8 Å². The Balaban J connectivity index is 2.50. The Hall–Kier alpha value is -0.570. The van der Waals surface area contributed by atoms with Crippen LogP contribution >= 0.6 is 0 Å². The second-order valence-corrected chi connectivity index (χ2v) is 5.24. The summed E-state index contributed by atoms with van der Waals surface area (Å²) in [5.41, 5.74) is 5.69. The number of hydrogen-bond acceptors (Lipinski definition) is 2. The second kappa shape index (κ2) is 6.24. The van der Waals surface area contributed by atoms with Gasteiger partial charge in [-0.25, -0.2) is 0 Å². The molecule has 0 aromatic rings. The van der Waals surface area contributed by atoms with Gasteiger partial charge < -0.3 is 10.6 Å². The van der Waals surface area contributed by atoms with E-state index in [0.29, 0.717) is 36.8 Å². The first kappa shape index (κ1) is 13.5. The molecule has 1 aliphatic rings. The zero-order chi connectivity index (χ0) is 12.1. The van der Waals surface area contributed by atoms with Gasteiger partial charge in [-0.15, -0.1) is 0 Å². The van der Waals surface area contributed by atoms with Crippen LogP contribution in [0.1, 0.15) is 46.5 Å². The SMILES string of the molecule is CCC(CC(=O)N1CCCC1CN)C(C)C. The molecule has 0 aliphatic carbocycles. The number of nitrogens with two attached hydrogens (primary N) is 1. The fourth-order valence-electron chi connectivity index (χ4n) is 2.60. The third kappa shape index (κ3) is 3.21. The number of nitrogens with zero attached hydrogens (tertiary/aromatic N) is 1. The van der Waals surface area contributed by atoms with Gasteiger partial charge in [0.15, 0.2) is 0 Å². The molecule has 0 saturated carbocycles. The molecule has 1 heterocycles. The summed E-state index contributed by atoms with van der Waals surface area (Å²) in [7, 11) is 0. The van der Waals surface area contributed by atoms with E-state index in [9.17, 15) is 4.79 Å². The van der Waals surface area contributed by atoms with E-state index in [1.807, 2.05) is 4.90 Å². The Labute approximate surface area is 99.4 Å². The first-order chi connectivity index (χ1) is 7.60. The van der Waals surface area contributed by atoms with E-state index < -0.39 is 0 Å². The molecule has 3 nitrogen and oxygen atoms in total. The number of carbonyl (C=O) groups is 1. The molecule has 1 amide bonds. The summed E-state index contributed by atoms with van der Waals surface area (Å²) in [6, 6.07) is 0.303. The van der Waals surface area contributed by atoms with Crippen LogP contribution in [-0.2, 0) is 4.79 Å². The van der Waals surface area contributed by atoms with Crippen molar-refractivity contribution in [1.29, 1.82) is 0 Å². The maximum absolute atomic E-state index is 12.2. The highest BCUT2D eigenvalue weighted by Gasteiger charge is 2.29. The molecule has 0 bridgehead atoms. The number of amides is 1. The predicted octanol–water partition coefficient (Wildman–Crippen LogP) is 2.01. The van der Waals surface area contributed by atoms with Crippen LogP contribution in [0.15, 0.2) is 0 Å². The minimum absolute atomic E-state index is 0.303. The predicted molar refractivity (Wildman–Crippen MR) is 67.0 cm³/mol. The molecular weight excluding hydrogens is 200 g/mol. The van der Waals surface area contributed by atoms with Gasteiger partial charge in [0.05, 0.1) is 0 Å². The van der Waals surface area contributed by atoms with E-state index in [4.69, 9.17) is 5.73 Å². The number of rotatable bonds is 5. The maximum atomic E-state index is 12.2. The molecule has 0 aromatic heterocycles. The van der Waals surface area contributed by atoms with Crippen molar-refractivity contribution in [3.05, 3.63) is 0 Å². The molecule has 1 fully saturated rings. The molecule has 1 saturated heterocycles. The average molecular weight is 226 g/mol. The Morgan fingerprint density at radius 2 is 2.19 bits per heavy atom. The highest BCUT2D eigenvalue weighted by molar-refractivity contribution is 5.77. The topological polar surface area (TPSA) is 46.3 Å². The molecule has 94 valence electrons. The molecule has 3 heteroatoms. The van der Waals surface area contributed by atoms with E-state index in [-0.39, 0.29) is 0 Å². The Bertz CT molecular complexity index is 228. The third-order valence-corrected chi connectivity index (χ3v) is 3.87. The van der Waals surface area contributed by atoms with Crippen LogP contribution < -0.4 is 5.73 Å². The first-order valence-electron chi connectivity index (χ1n) is 6.59. The van der Waals surface area contributed by atoms with Gasteiger partial charge >= 0.3 is 0 Å². The fraction of sp³-hybridized carbons (Fsp3) is 0.923. The number of carbonyl (C=O) groups excluding carboxylic acids is 1. The van der Waals surface area contributed by atoms with Crippen LogP contribution in [0.5, 0.6) is 0 Å². The van der Waals surface area contributed by atoms with Crippen molar-refractivity contribution in [2.24, 2.45) is 17.6 Å². The van der Waals surface area contributed by atoms with E-state index in [1.165, 1.54) is 0 Å². The van der Waals surface area contributed by atoms with Gasteiger partial charge in [-0.05, 0) is 24.7 Å². The minimum Gasteiger partial charge on any atom is -0.338 e. The monoisotopic (exact) mass is 226 g/mol. The summed E-state index contributed by atoms with van der Waals surface area (Å²) in [4.78, 5) is 14.2. The van der Waals surface area contributed by atoms with Gasteiger partial charge in [0, 0.05) is 25.6 Å². The van der Waals surface area contributed by atoms with Gasteiger partial charge in [-0.3, -0.25) is 4.79 Å². The van der Waals surface area contributed by atoms with Crippen molar-refractivity contribution in [3.8, 4) is 0 Å². The van der Waals surface area contributed by atoms with E-state index in [1.54, 1.807) is 0 Å². The largest absolute Gasteiger partial charge is 0.338 e. The van der Waals surface area contributed by atoms with Gasteiger partial charge in [-0.2, -0.15) is 0 Å². The van der Waals surface area contributed by atoms with Crippen LogP contribution in [0.3, 0.4) is 0 Å². The van der Waals surface area contributed by atoms with Gasteiger partial charge in [-0.1, -0.05) is 27.2 Å². The summed E-state index contributed by atoms with van der Waals surface area (Å²) in [5.74, 6) is 1.42. The van der Waals surface area contributed by atoms with Crippen molar-refractivity contribution in [1.82, 2.24) is 4.90 Å². The molecule has 16 heavy (non-hydrogen) atoms. The maximum Gasteiger partial charge on any atom is 0.223 e. The average Bonchev–Trinajstić information content (AvgIpc) is 2.72. The van der Waals surface area contributed by atoms with Crippen LogP contribution in [0.2, 0.25) is 0 Å². The highest BCUT2D eigenvalue weighted by atomic mass is 16.2. The Kier molecular flexibility index (Phi) is 5.26. The van der Waals surface area contributed by atoms with Crippen LogP contribution in [-0.4, -0.2) is 29.9 Å². The lowest BCUT2D eigenvalue weighted by molar-refractivity contribution is -0.133.